The van der Waals surface area contributed by atoms with E-state index in [1.807, 2.05) is 74.2 Å². The van der Waals surface area contributed by atoms with Crippen molar-refractivity contribution in [1.82, 2.24) is 20.2 Å². The van der Waals surface area contributed by atoms with Gasteiger partial charge in [0.15, 0.2) is 0 Å². The van der Waals surface area contributed by atoms with Crippen LogP contribution in [0.1, 0.15) is 48.2 Å². The lowest BCUT2D eigenvalue weighted by molar-refractivity contribution is 0.0966. The minimum Gasteiger partial charge on any atom is -0.497 e. The maximum Gasteiger partial charge on any atom is 0.255 e. The van der Waals surface area contributed by atoms with Crippen molar-refractivity contribution in [2.24, 2.45) is 0 Å². The highest BCUT2D eigenvalue weighted by Crippen LogP contribution is 2.20. The van der Waals surface area contributed by atoms with Crippen LogP contribution < -0.4 is 15.4 Å². The molecule has 1 aromatic heterocycles. The van der Waals surface area contributed by atoms with E-state index in [1.165, 1.54) is 0 Å². The first kappa shape index (κ1) is 26.6. The SMILES string of the molecule is C=Cc1nc(C(/C=C\C(=C/C)NC(=O)c2ccc(OC)cc2CNCCO)=C/C)cn1/C=C\C. The van der Waals surface area contributed by atoms with Crippen molar-refractivity contribution >= 4 is 23.8 Å². The van der Waals surface area contributed by atoms with Crippen LogP contribution in [0.25, 0.3) is 17.8 Å². The molecule has 1 amide bonds. The molecule has 0 saturated heterocycles. The van der Waals surface area contributed by atoms with E-state index in [-0.39, 0.29) is 12.5 Å². The number of amides is 1. The van der Waals surface area contributed by atoms with Gasteiger partial charge >= 0.3 is 0 Å². The lowest BCUT2D eigenvalue weighted by Crippen LogP contribution is -2.25. The Bertz CT molecular complexity index is 1110. The number of ether oxygens (including phenoxy) is 1. The lowest BCUT2D eigenvalue weighted by atomic mass is 10.1. The van der Waals surface area contributed by atoms with Crippen LogP contribution in [0.4, 0.5) is 0 Å². The standard InChI is InChI=1S/C27H34N4O3/c1-6-15-31-19-25(30-26(31)9-4)20(7-2)10-11-22(8-3)29-27(33)24-13-12-23(34-5)17-21(24)18-28-14-16-32/h6-13,15,17,19,28,32H,4,14,16,18H2,1-3,5H3,(H,29,33)/b11-10-,15-6-,20-7+,22-8+. The molecule has 2 aromatic rings. The molecule has 3 N–H and O–H groups in total. The average molecular weight is 463 g/mol. The third kappa shape index (κ3) is 7.16. The number of benzene rings is 1. The maximum absolute atomic E-state index is 13.1. The molecule has 1 heterocycles. The van der Waals surface area contributed by atoms with E-state index < -0.39 is 0 Å². The molecule has 7 nitrogen and oxygen atoms in total. The number of carbonyl (C=O) groups is 1. The van der Waals surface area contributed by atoms with Crippen molar-refractivity contribution in [1.29, 1.82) is 0 Å². The van der Waals surface area contributed by atoms with E-state index in [9.17, 15) is 4.79 Å². The zero-order valence-corrected chi connectivity index (χ0v) is 20.3. The number of hydrogen-bond acceptors (Lipinski definition) is 5. The first-order chi connectivity index (χ1) is 16.5. The van der Waals surface area contributed by atoms with Crippen LogP contribution in [0, 0.1) is 0 Å². The quantitative estimate of drug-likeness (QED) is 0.321. The largest absolute Gasteiger partial charge is 0.497 e. The van der Waals surface area contributed by atoms with E-state index in [2.05, 4.69) is 22.2 Å². The number of aliphatic hydroxyl groups is 1. The molecule has 34 heavy (non-hydrogen) atoms. The molecule has 0 unspecified atom stereocenters. The Morgan fingerprint density at radius 1 is 1.24 bits per heavy atom. The fourth-order valence-corrected chi connectivity index (χ4v) is 3.26. The van der Waals surface area contributed by atoms with Crippen LogP contribution in [-0.2, 0) is 6.54 Å². The number of carbonyl (C=O) groups excluding carboxylic acids is 1. The van der Waals surface area contributed by atoms with E-state index in [4.69, 9.17) is 9.84 Å². The van der Waals surface area contributed by atoms with Crippen LogP contribution in [0.15, 0.2) is 67.1 Å². The van der Waals surface area contributed by atoms with Gasteiger partial charge in [-0.1, -0.05) is 30.9 Å². The second-order valence-corrected chi connectivity index (χ2v) is 7.28. The minimum atomic E-state index is -0.227. The molecule has 0 saturated carbocycles. The van der Waals surface area contributed by atoms with Crippen LogP contribution in [0.2, 0.25) is 0 Å². The number of imidazole rings is 1. The molecule has 7 heteroatoms. The Labute approximate surface area is 201 Å². The Balaban J connectivity index is 2.22. The summed E-state index contributed by atoms with van der Waals surface area (Å²) in [5.74, 6) is 1.19. The number of aromatic nitrogens is 2. The van der Waals surface area contributed by atoms with E-state index >= 15 is 0 Å². The van der Waals surface area contributed by atoms with E-state index in [0.717, 1.165) is 22.7 Å². The van der Waals surface area contributed by atoms with Crippen LogP contribution in [0.3, 0.4) is 0 Å². The average Bonchev–Trinajstić information content (AvgIpc) is 3.26. The summed E-state index contributed by atoms with van der Waals surface area (Å²) in [6, 6.07) is 5.32. The van der Waals surface area contributed by atoms with Gasteiger partial charge in [0, 0.05) is 36.7 Å². The Morgan fingerprint density at radius 2 is 2.03 bits per heavy atom. The van der Waals surface area contributed by atoms with Crippen molar-refractivity contribution in [3.05, 3.63) is 89.7 Å². The number of methoxy groups -OCH3 is 1. The predicted molar refractivity (Wildman–Crippen MR) is 139 cm³/mol. The third-order valence-corrected chi connectivity index (χ3v) is 5.03. The number of rotatable bonds is 12. The topological polar surface area (TPSA) is 88.4 Å². The predicted octanol–water partition coefficient (Wildman–Crippen LogP) is 4.40. The molecule has 0 fully saturated rings. The summed E-state index contributed by atoms with van der Waals surface area (Å²) in [6.45, 7) is 10.5. The summed E-state index contributed by atoms with van der Waals surface area (Å²) >= 11 is 0. The summed E-state index contributed by atoms with van der Waals surface area (Å²) in [5, 5.41) is 15.1. The van der Waals surface area contributed by atoms with Gasteiger partial charge in [0.25, 0.3) is 5.91 Å². The number of aliphatic hydroxyl groups excluding tert-OH is 1. The maximum atomic E-state index is 13.1. The van der Waals surface area contributed by atoms with Gasteiger partial charge in [0.05, 0.1) is 19.4 Å². The summed E-state index contributed by atoms with van der Waals surface area (Å²) in [5.41, 5.74) is 3.70. The number of nitrogens with zero attached hydrogens (tertiary/aromatic N) is 2. The van der Waals surface area contributed by atoms with Crippen molar-refractivity contribution in [3.8, 4) is 5.75 Å². The number of hydrogen-bond donors (Lipinski definition) is 3. The molecule has 180 valence electrons. The number of nitrogens with one attached hydrogen (secondary N) is 2. The Morgan fingerprint density at radius 3 is 2.65 bits per heavy atom. The van der Waals surface area contributed by atoms with Gasteiger partial charge in [-0.3, -0.25) is 4.79 Å². The van der Waals surface area contributed by atoms with Gasteiger partial charge in [-0.25, -0.2) is 4.98 Å². The zero-order valence-electron chi connectivity index (χ0n) is 20.3. The minimum absolute atomic E-state index is 0.0214. The van der Waals surface area contributed by atoms with Gasteiger partial charge in [0.2, 0.25) is 0 Å². The first-order valence-electron chi connectivity index (χ1n) is 11.2. The molecule has 0 radical (unpaired) electrons. The molecule has 0 spiro atoms. The fourth-order valence-electron chi connectivity index (χ4n) is 3.26. The molecule has 0 atom stereocenters. The summed E-state index contributed by atoms with van der Waals surface area (Å²) in [6.07, 6.45) is 15.1. The smallest absolute Gasteiger partial charge is 0.255 e. The van der Waals surface area contributed by atoms with Crippen molar-refractivity contribution in [3.63, 3.8) is 0 Å². The fraction of sp³-hybridized carbons (Fsp3) is 0.259. The number of allylic oxidation sites excluding steroid dienone is 6. The molecular formula is C27H34N4O3. The Hall–Kier alpha value is -3.68. The first-order valence-corrected chi connectivity index (χ1v) is 11.2. The lowest BCUT2D eigenvalue weighted by Gasteiger charge is -2.13. The van der Waals surface area contributed by atoms with Crippen molar-refractivity contribution < 1.29 is 14.6 Å². The van der Waals surface area contributed by atoms with Crippen LogP contribution in [-0.4, -0.2) is 40.8 Å². The molecule has 0 aliphatic heterocycles. The molecule has 2 rings (SSSR count). The van der Waals surface area contributed by atoms with Crippen molar-refractivity contribution in [2.75, 3.05) is 20.3 Å². The molecule has 1 aromatic carbocycles. The molecule has 0 bridgehead atoms. The van der Waals surface area contributed by atoms with Crippen LogP contribution >= 0.6 is 0 Å². The highest BCUT2D eigenvalue weighted by molar-refractivity contribution is 5.97. The highest BCUT2D eigenvalue weighted by Gasteiger charge is 2.13. The third-order valence-electron chi connectivity index (χ3n) is 5.03. The van der Waals surface area contributed by atoms with Gasteiger partial charge in [-0.2, -0.15) is 0 Å². The summed E-state index contributed by atoms with van der Waals surface area (Å²) in [7, 11) is 1.58. The normalized spacial score (nSPS) is 12.5. The second kappa shape index (κ2) is 13.8. The molecule has 0 aliphatic rings. The van der Waals surface area contributed by atoms with Gasteiger partial charge in [-0.05, 0) is 62.3 Å². The van der Waals surface area contributed by atoms with Gasteiger partial charge in [0.1, 0.15) is 11.6 Å². The zero-order chi connectivity index (χ0) is 24.9. The highest BCUT2D eigenvalue weighted by atomic mass is 16.5. The Kier molecular flexibility index (Phi) is 10.8. The van der Waals surface area contributed by atoms with Gasteiger partial charge < -0.3 is 25.0 Å². The molecular weight excluding hydrogens is 428 g/mol. The monoisotopic (exact) mass is 462 g/mol. The van der Waals surface area contributed by atoms with Crippen LogP contribution in [0.5, 0.6) is 5.75 Å². The van der Waals surface area contributed by atoms with E-state index in [0.29, 0.717) is 30.1 Å². The second-order valence-electron chi connectivity index (χ2n) is 7.28. The van der Waals surface area contributed by atoms with E-state index in [1.54, 1.807) is 25.3 Å². The molecule has 0 aliphatic carbocycles. The van der Waals surface area contributed by atoms with Gasteiger partial charge in [-0.15, -0.1) is 0 Å². The summed E-state index contributed by atoms with van der Waals surface area (Å²) < 4.78 is 7.21. The van der Waals surface area contributed by atoms with Crippen molar-refractivity contribution in [2.45, 2.75) is 27.3 Å². The summed E-state index contributed by atoms with van der Waals surface area (Å²) in [4.78, 5) is 17.7.